The Balaban J connectivity index is 4.00. The van der Waals surface area contributed by atoms with E-state index in [4.69, 9.17) is 5.41 Å². The zero-order chi connectivity index (χ0) is 7.28. The van der Waals surface area contributed by atoms with Gasteiger partial charge in [0.15, 0.2) is 0 Å². The van der Waals surface area contributed by atoms with Gasteiger partial charge in [-0.3, -0.25) is 4.99 Å². The fourth-order valence-corrected chi connectivity index (χ4v) is 0.867. The lowest BCUT2D eigenvalue weighted by Gasteiger charge is -1.87. The molecular formula is C6H9IN2. The summed E-state index contributed by atoms with van der Waals surface area (Å²) in [5.41, 5.74) is 1.41. The highest BCUT2D eigenvalue weighted by atomic mass is 127. The molecule has 0 heterocycles. The Morgan fingerprint density at radius 3 is 2.44 bits per heavy atom. The molecule has 0 saturated heterocycles. The van der Waals surface area contributed by atoms with Crippen molar-refractivity contribution in [2.75, 3.05) is 0 Å². The molecular weight excluding hydrogens is 227 g/mol. The predicted molar refractivity (Wildman–Crippen MR) is 49.7 cm³/mol. The summed E-state index contributed by atoms with van der Waals surface area (Å²) in [6.45, 7) is 3.60. The van der Waals surface area contributed by atoms with E-state index in [0.717, 1.165) is 5.70 Å². The summed E-state index contributed by atoms with van der Waals surface area (Å²) in [6.07, 6.45) is 1.72. The van der Waals surface area contributed by atoms with Gasteiger partial charge in [-0.25, -0.2) is 0 Å². The minimum Gasteiger partial charge on any atom is -0.306 e. The molecule has 0 aliphatic carbocycles. The van der Waals surface area contributed by atoms with Crippen LogP contribution in [0.1, 0.15) is 13.8 Å². The molecule has 0 radical (unpaired) electrons. The molecule has 1 N–H and O–H groups in total. The molecule has 0 spiro atoms. The Labute approximate surface area is 68.7 Å². The lowest BCUT2D eigenvalue weighted by Crippen LogP contribution is -1.80. The van der Waals surface area contributed by atoms with Crippen LogP contribution in [-0.2, 0) is 0 Å². The number of halogens is 1. The van der Waals surface area contributed by atoms with E-state index >= 15 is 0 Å². The van der Waals surface area contributed by atoms with Crippen molar-refractivity contribution in [1.82, 2.24) is 0 Å². The van der Waals surface area contributed by atoms with Crippen LogP contribution >= 0.6 is 22.6 Å². The van der Waals surface area contributed by atoms with Crippen LogP contribution in [0.2, 0.25) is 0 Å². The molecule has 0 fully saturated rings. The normalized spacial score (nSPS) is 12.6. The van der Waals surface area contributed by atoms with E-state index in [-0.39, 0.29) is 0 Å². The molecule has 50 valence electrons. The highest BCUT2D eigenvalue weighted by Gasteiger charge is 1.81. The standard InChI is InChI=1S/C6H9IN2/c1-5(8)3-6(2)9-4-7/h3-4,8H,1-2H3/b6-3?,8-5?,9-4-. The minimum absolute atomic E-state index is 0.537. The zero-order valence-electron chi connectivity index (χ0n) is 5.48. The first-order valence-corrected chi connectivity index (χ1v) is 3.77. The van der Waals surface area contributed by atoms with E-state index in [9.17, 15) is 0 Å². The van der Waals surface area contributed by atoms with E-state index in [1.54, 1.807) is 17.2 Å². The maximum absolute atomic E-state index is 7.05. The Kier molecular flexibility index (Phi) is 4.57. The van der Waals surface area contributed by atoms with E-state index in [1.165, 1.54) is 0 Å². The molecule has 0 unspecified atom stereocenters. The molecule has 0 aromatic heterocycles. The molecule has 0 aromatic carbocycles. The van der Waals surface area contributed by atoms with Crippen LogP contribution in [0.15, 0.2) is 16.8 Å². The van der Waals surface area contributed by atoms with Crippen molar-refractivity contribution >= 4 is 32.5 Å². The Bertz CT molecular complexity index is 158. The van der Waals surface area contributed by atoms with Gasteiger partial charge in [-0.2, -0.15) is 0 Å². The summed E-state index contributed by atoms with van der Waals surface area (Å²) in [6, 6.07) is 0. The maximum atomic E-state index is 7.05. The quantitative estimate of drug-likeness (QED) is 0.564. The van der Waals surface area contributed by atoms with Gasteiger partial charge in [0.25, 0.3) is 0 Å². The lowest BCUT2D eigenvalue weighted by molar-refractivity contribution is 1.32. The molecule has 2 nitrogen and oxygen atoms in total. The highest BCUT2D eigenvalue weighted by Crippen LogP contribution is 1.94. The average molecular weight is 236 g/mol. The van der Waals surface area contributed by atoms with Crippen LogP contribution in [0.5, 0.6) is 0 Å². The fraction of sp³-hybridized carbons (Fsp3) is 0.333. The number of rotatable bonds is 2. The van der Waals surface area contributed by atoms with Crippen LogP contribution in [-0.4, -0.2) is 9.93 Å². The van der Waals surface area contributed by atoms with E-state index in [0.29, 0.717) is 5.71 Å². The Hall–Kier alpha value is -0.190. The second-order valence-corrected chi connectivity index (χ2v) is 2.25. The van der Waals surface area contributed by atoms with Gasteiger partial charge in [-0.1, -0.05) is 0 Å². The van der Waals surface area contributed by atoms with Gasteiger partial charge < -0.3 is 5.41 Å². The number of aliphatic imine (C=N–C) groups is 1. The second-order valence-electron chi connectivity index (χ2n) is 1.70. The highest BCUT2D eigenvalue weighted by molar-refractivity contribution is 14.1. The van der Waals surface area contributed by atoms with E-state index in [1.807, 2.05) is 29.5 Å². The van der Waals surface area contributed by atoms with Crippen molar-refractivity contribution in [1.29, 1.82) is 5.41 Å². The predicted octanol–water partition coefficient (Wildman–Crippen LogP) is 2.39. The van der Waals surface area contributed by atoms with Crippen molar-refractivity contribution < 1.29 is 0 Å². The molecule has 0 rings (SSSR count). The molecule has 0 bridgehead atoms. The minimum atomic E-state index is 0.537. The van der Waals surface area contributed by atoms with Crippen molar-refractivity contribution in [3.8, 4) is 0 Å². The van der Waals surface area contributed by atoms with Gasteiger partial charge in [-0.05, 0) is 42.5 Å². The van der Waals surface area contributed by atoms with E-state index in [2.05, 4.69) is 4.99 Å². The van der Waals surface area contributed by atoms with Crippen LogP contribution in [0.25, 0.3) is 0 Å². The van der Waals surface area contributed by atoms with Crippen molar-refractivity contribution in [3.63, 3.8) is 0 Å². The molecule has 0 aromatic rings. The number of nitrogens with zero attached hydrogens (tertiary/aromatic N) is 1. The molecule has 3 heteroatoms. The van der Waals surface area contributed by atoms with Gasteiger partial charge in [0.1, 0.15) is 0 Å². The molecule has 0 aliphatic heterocycles. The number of hydrogen-bond acceptors (Lipinski definition) is 2. The summed E-state index contributed by atoms with van der Waals surface area (Å²) in [7, 11) is 0. The first-order chi connectivity index (χ1) is 4.16. The average Bonchev–Trinajstić information content (AvgIpc) is 1.63. The lowest BCUT2D eigenvalue weighted by atomic mass is 10.3. The van der Waals surface area contributed by atoms with Crippen LogP contribution < -0.4 is 0 Å². The van der Waals surface area contributed by atoms with Gasteiger partial charge >= 0.3 is 0 Å². The van der Waals surface area contributed by atoms with E-state index < -0.39 is 0 Å². The first kappa shape index (κ1) is 8.81. The fourth-order valence-electron chi connectivity index (χ4n) is 0.428. The summed E-state index contributed by atoms with van der Waals surface area (Å²) in [5.74, 6) is 0. The molecule has 0 aliphatic rings. The topological polar surface area (TPSA) is 36.2 Å². The summed E-state index contributed by atoms with van der Waals surface area (Å²) < 4.78 is 1.69. The number of nitrogens with one attached hydrogen (secondary N) is 1. The van der Waals surface area contributed by atoms with Crippen LogP contribution in [0.4, 0.5) is 0 Å². The summed E-state index contributed by atoms with van der Waals surface area (Å²) in [5, 5.41) is 7.05. The van der Waals surface area contributed by atoms with Crippen molar-refractivity contribution in [2.45, 2.75) is 13.8 Å². The van der Waals surface area contributed by atoms with Gasteiger partial charge in [0.05, 0.1) is 4.22 Å². The van der Waals surface area contributed by atoms with Crippen molar-refractivity contribution in [2.24, 2.45) is 4.99 Å². The van der Waals surface area contributed by atoms with Crippen LogP contribution in [0.3, 0.4) is 0 Å². The largest absolute Gasteiger partial charge is 0.306 e. The second kappa shape index (κ2) is 4.67. The van der Waals surface area contributed by atoms with Crippen LogP contribution in [0, 0.1) is 5.41 Å². The molecule has 0 amide bonds. The smallest absolute Gasteiger partial charge is 0.0654 e. The van der Waals surface area contributed by atoms with Gasteiger partial charge in [-0.15, -0.1) is 0 Å². The van der Waals surface area contributed by atoms with Crippen molar-refractivity contribution in [3.05, 3.63) is 11.8 Å². The zero-order valence-corrected chi connectivity index (χ0v) is 7.64. The Morgan fingerprint density at radius 1 is 1.56 bits per heavy atom. The summed E-state index contributed by atoms with van der Waals surface area (Å²) in [4.78, 5) is 3.95. The third-order valence-electron chi connectivity index (χ3n) is 0.678. The van der Waals surface area contributed by atoms with Gasteiger partial charge in [0.2, 0.25) is 0 Å². The first-order valence-electron chi connectivity index (χ1n) is 2.53. The number of hydrogen-bond donors (Lipinski definition) is 1. The molecule has 0 saturated carbocycles. The SMILES string of the molecule is CC(=N)C=C(C)/N=C\I. The monoisotopic (exact) mass is 236 g/mol. The third kappa shape index (κ3) is 5.68. The Morgan fingerprint density at radius 2 is 2.11 bits per heavy atom. The molecule has 9 heavy (non-hydrogen) atoms. The van der Waals surface area contributed by atoms with Gasteiger partial charge in [0, 0.05) is 11.4 Å². The molecule has 0 atom stereocenters. The number of allylic oxidation sites excluding steroid dienone is 2. The summed E-state index contributed by atoms with van der Waals surface area (Å²) >= 11 is 2.05. The third-order valence-corrected chi connectivity index (χ3v) is 0.956. The maximum Gasteiger partial charge on any atom is 0.0654 e.